The van der Waals surface area contributed by atoms with Crippen LogP contribution in [0.15, 0.2) is 18.2 Å². The van der Waals surface area contributed by atoms with E-state index in [4.69, 9.17) is 5.11 Å². The van der Waals surface area contributed by atoms with Crippen molar-refractivity contribution in [3.05, 3.63) is 52.6 Å². The maximum absolute atomic E-state index is 13.2. The first-order valence-corrected chi connectivity index (χ1v) is 6.08. The Balaban J connectivity index is 2.30. The van der Waals surface area contributed by atoms with E-state index in [1.807, 2.05) is 18.5 Å². The van der Waals surface area contributed by atoms with Crippen molar-refractivity contribution in [2.75, 3.05) is 6.61 Å². The number of aliphatic hydroxyl groups is 1. The molecule has 19 heavy (non-hydrogen) atoms. The van der Waals surface area contributed by atoms with Gasteiger partial charge in [0.25, 0.3) is 0 Å². The molecule has 0 unspecified atom stereocenters. The van der Waals surface area contributed by atoms with Crippen LogP contribution in [0, 0.1) is 18.6 Å². The standard InChI is InChI=1S/C14H16F2N2O/c1-9-13(18(2)14(17-9)5-6-19)8-10-3-4-11(15)12(16)7-10/h3-4,7,19H,5-6,8H2,1-2H3. The molecule has 1 heterocycles. The molecule has 2 aromatic rings. The predicted molar refractivity (Wildman–Crippen MR) is 67.9 cm³/mol. The molecule has 2 rings (SSSR count). The second-order valence-electron chi connectivity index (χ2n) is 4.52. The van der Waals surface area contributed by atoms with Crippen molar-refractivity contribution in [3.8, 4) is 0 Å². The van der Waals surface area contributed by atoms with Gasteiger partial charge in [0, 0.05) is 25.6 Å². The van der Waals surface area contributed by atoms with E-state index < -0.39 is 11.6 Å². The molecular weight excluding hydrogens is 250 g/mol. The molecule has 0 amide bonds. The van der Waals surface area contributed by atoms with Crippen LogP contribution in [0.2, 0.25) is 0 Å². The summed E-state index contributed by atoms with van der Waals surface area (Å²) in [6, 6.07) is 3.90. The molecule has 0 bridgehead atoms. The molecule has 5 heteroatoms. The fraction of sp³-hybridized carbons (Fsp3) is 0.357. The summed E-state index contributed by atoms with van der Waals surface area (Å²) in [5.41, 5.74) is 2.48. The maximum Gasteiger partial charge on any atom is 0.159 e. The van der Waals surface area contributed by atoms with Crippen molar-refractivity contribution in [3.63, 3.8) is 0 Å². The molecule has 1 N–H and O–H groups in total. The smallest absolute Gasteiger partial charge is 0.159 e. The molecule has 1 aromatic heterocycles. The Labute approximate surface area is 110 Å². The zero-order valence-electron chi connectivity index (χ0n) is 11.0. The Bertz CT molecular complexity index is 593. The third-order valence-electron chi connectivity index (χ3n) is 3.20. The van der Waals surface area contributed by atoms with Gasteiger partial charge >= 0.3 is 0 Å². The Morgan fingerprint density at radius 2 is 2.00 bits per heavy atom. The number of nitrogens with zero attached hydrogens (tertiary/aromatic N) is 2. The van der Waals surface area contributed by atoms with Crippen molar-refractivity contribution in [1.29, 1.82) is 0 Å². The van der Waals surface area contributed by atoms with Crippen LogP contribution < -0.4 is 0 Å². The van der Waals surface area contributed by atoms with Gasteiger partial charge in [0.2, 0.25) is 0 Å². The fourth-order valence-electron chi connectivity index (χ4n) is 2.14. The molecule has 0 aliphatic heterocycles. The van der Waals surface area contributed by atoms with Crippen LogP contribution in [-0.2, 0) is 19.9 Å². The van der Waals surface area contributed by atoms with E-state index in [9.17, 15) is 8.78 Å². The second kappa shape index (κ2) is 5.48. The predicted octanol–water partition coefficient (Wildman–Crippen LogP) is 2.13. The number of hydrogen-bond donors (Lipinski definition) is 1. The number of imidazole rings is 1. The first kappa shape index (κ1) is 13.7. The molecule has 0 aliphatic rings. The molecule has 0 aliphatic carbocycles. The van der Waals surface area contributed by atoms with Gasteiger partial charge in [0.1, 0.15) is 5.82 Å². The number of benzene rings is 1. The number of halogens is 2. The number of rotatable bonds is 4. The average molecular weight is 266 g/mol. The van der Waals surface area contributed by atoms with E-state index in [1.165, 1.54) is 6.07 Å². The van der Waals surface area contributed by atoms with Gasteiger partial charge < -0.3 is 9.67 Å². The van der Waals surface area contributed by atoms with E-state index in [2.05, 4.69) is 4.98 Å². The van der Waals surface area contributed by atoms with E-state index in [0.29, 0.717) is 18.4 Å². The van der Waals surface area contributed by atoms with Gasteiger partial charge in [-0.3, -0.25) is 0 Å². The Morgan fingerprint density at radius 1 is 1.26 bits per heavy atom. The van der Waals surface area contributed by atoms with Gasteiger partial charge in [-0.1, -0.05) is 6.07 Å². The van der Waals surface area contributed by atoms with Crippen LogP contribution in [0.25, 0.3) is 0 Å². The second-order valence-corrected chi connectivity index (χ2v) is 4.52. The van der Waals surface area contributed by atoms with Crippen LogP contribution in [-0.4, -0.2) is 21.3 Å². The average Bonchev–Trinajstić information content (AvgIpc) is 2.62. The summed E-state index contributed by atoms with van der Waals surface area (Å²) in [5.74, 6) is -0.892. The number of aryl methyl sites for hydroxylation is 1. The molecule has 0 saturated carbocycles. The van der Waals surface area contributed by atoms with E-state index >= 15 is 0 Å². The topological polar surface area (TPSA) is 38.1 Å². The molecule has 3 nitrogen and oxygen atoms in total. The molecular formula is C14H16F2N2O. The Hall–Kier alpha value is -1.75. The van der Waals surface area contributed by atoms with Gasteiger partial charge in [0.05, 0.1) is 12.3 Å². The van der Waals surface area contributed by atoms with Crippen molar-refractivity contribution in [2.24, 2.45) is 7.05 Å². The van der Waals surface area contributed by atoms with E-state index in [0.717, 1.165) is 23.3 Å². The largest absolute Gasteiger partial charge is 0.396 e. The fourth-order valence-corrected chi connectivity index (χ4v) is 2.14. The van der Waals surface area contributed by atoms with Gasteiger partial charge in [-0.2, -0.15) is 0 Å². The zero-order chi connectivity index (χ0) is 14.0. The molecule has 102 valence electrons. The third-order valence-corrected chi connectivity index (χ3v) is 3.20. The number of aliphatic hydroxyl groups excluding tert-OH is 1. The lowest BCUT2D eigenvalue weighted by Gasteiger charge is -2.07. The minimum atomic E-state index is -0.841. The summed E-state index contributed by atoms with van der Waals surface area (Å²) in [6.45, 7) is 1.91. The molecule has 0 atom stereocenters. The lowest BCUT2D eigenvalue weighted by atomic mass is 10.1. The first-order valence-electron chi connectivity index (χ1n) is 6.08. The zero-order valence-corrected chi connectivity index (χ0v) is 11.0. The van der Waals surface area contributed by atoms with Crippen LogP contribution in [0.3, 0.4) is 0 Å². The summed E-state index contributed by atoms with van der Waals surface area (Å²) >= 11 is 0. The third kappa shape index (κ3) is 2.81. The van der Waals surface area contributed by atoms with Crippen molar-refractivity contribution >= 4 is 0 Å². The number of aromatic nitrogens is 2. The van der Waals surface area contributed by atoms with E-state index in [-0.39, 0.29) is 6.61 Å². The molecule has 0 fully saturated rings. The summed E-state index contributed by atoms with van der Waals surface area (Å²) in [6.07, 6.45) is 0.965. The minimum Gasteiger partial charge on any atom is -0.396 e. The Kier molecular flexibility index (Phi) is 3.95. The molecule has 0 radical (unpaired) electrons. The molecule has 1 aromatic carbocycles. The van der Waals surface area contributed by atoms with Crippen LogP contribution in [0.5, 0.6) is 0 Å². The van der Waals surface area contributed by atoms with Crippen LogP contribution in [0.4, 0.5) is 8.78 Å². The first-order chi connectivity index (χ1) is 9.02. The Morgan fingerprint density at radius 3 is 2.63 bits per heavy atom. The maximum atomic E-state index is 13.2. The van der Waals surface area contributed by atoms with Crippen molar-refractivity contribution in [1.82, 2.24) is 9.55 Å². The number of hydrogen-bond acceptors (Lipinski definition) is 2. The van der Waals surface area contributed by atoms with Gasteiger partial charge in [0.15, 0.2) is 11.6 Å². The van der Waals surface area contributed by atoms with E-state index in [1.54, 1.807) is 6.07 Å². The highest BCUT2D eigenvalue weighted by molar-refractivity contribution is 5.27. The van der Waals surface area contributed by atoms with Gasteiger partial charge in [-0.15, -0.1) is 0 Å². The van der Waals surface area contributed by atoms with Crippen LogP contribution in [0.1, 0.15) is 22.8 Å². The highest BCUT2D eigenvalue weighted by atomic mass is 19.2. The summed E-state index contributed by atoms with van der Waals surface area (Å²) in [7, 11) is 1.86. The summed E-state index contributed by atoms with van der Waals surface area (Å²) in [5, 5.41) is 8.96. The summed E-state index contributed by atoms with van der Waals surface area (Å²) in [4.78, 5) is 4.37. The highest BCUT2D eigenvalue weighted by Crippen LogP contribution is 2.17. The lowest BCUT2D eigenvalue weighted by molar-refractivity contribution is 0.295. The molecule has 0 spiro atoms. The van der Waals surface area contributed by atoms with Crippen molar-refractivity contribution < 1.29 is 13.9 Å². The van der Waals surface area contributed by atoms with Gasteiger partial charge in [-0.05, 0) is 24.6 Å². The highest BCUT2D eigenvalue weighted by Gasteiger charge is 2.12. The lowest BCUT2D eigenvalue weighted by Crippen LogP contribution is -2.05. The normalized spacial score (nSPS) is 11.0. The monoisotopic (exact) mass is 266 g/mol. The van der Waals surface area contributed by atoms with Crippen molar-refractivity contribution in [2.45, 2.75) is 19.8 Å². The van der Waals surface area contributed by atoms with Crippen LogP contribution >= 0.6 is 0 Å². The quantitative estimate of drug-likeness (QED) is 0.920. The minimum absolute atomic E-state index is 0.0366. The SMILES string of the molecule is Cc1nc(CCO)n(C)c1Cc1ccc(F)c(F)c1. The summed E-state index contributed by atoms with van der Waals surface area (Å²) < 4.78 is 28.0. The van der Waals surface area contributed by atoms with Gasteiger partial charge in [-0.25, -0.2) is 13.8 Å². The molecule has 0 saturated heterocycles.